The van der Waals surface area contributed by atoms with E-state index in [1.807, 2.05) is 6.07 Å². The Balaban J connectivity index is 0.000000321. The zero-order valence-corrected chi connectivity index (χ0v) is 14.9. The Hall–Kier alpha value is -2.07. The predicted octanol–water partition coefficient (Wildman–Crippen LogP) is 1.89. The minimum atomic E-state index is -5.08. The molecule has 3 atom stereocenters. The lowest BCUT2D eigenvalue weighted by Gasteiger charge is -2.44. The van der Waals surface area contributed by atoms with Gasteiger partial charge in [-0.1, -0.05) is 0 Å². The average Bonchev–Trinajstić information content (AvgIpc) is 3.13. The van der Waals surface area contributed by atoms with Gasteiger partial charge in [-0.3, -0.25) is 9.69 Å². The molecule has 3 rings (SSSR count). The molecule has 1 aromatic heterocycles. The minimum absolute atomic E-state index is 0.0888. The number of amides is 1. The van der Waals surface area contributed by atoms with Crippen LogP contribution in [0.4, 0.5) is 13.2 Å². The second kappa shape index (κ2) is 9.23. The predicted molar refractivity (Wildman–Crippen MR) is 87.7 cm³/mol. The van der Waals surface area contributed by atoms with E-state index < -0.39 is 12.1 Å². The summed E-state index contributed by atoms with van der Waals surface area (Å²) in [6.07, 6.45) is 0.501. The first-order valence-corrected chi connectivity index (χ1v) is 8.59. The van der Waals surface area contributed by atoms with E-state index in [1.165, 1.54) is 5.56 Å². The highest BCUT2D eigenvalue weighted by atomic mass is 19.4. The summed E-state index contributed by atoms with van der Waals surface area (Å²) in [5.41, 5.74) is 1.19. The Morgan fingerprint density at radius 1 is 1.37 bits per heavy atom. The molecule has 2 aliphatic heterocycles. The number of carbonyl (C=O) groups excluding carboxylic acids is 1. The zero-order chi connectivity index (χ0) is 20.0. The molecule has 2 N–H and O–H groups in total. The van der Waals surface area contributed by atoms with Crippen LogP contribution < -0.4 is 5.32 Å². The highest BCUT2D eigenvalue weighted by molar-refractivity contribution is 5.78. The van der Waals surface area contributed by atoms with Gasteiger partial charge < -0.3 is 19.6 Å². The molecule has 27 heavy (non-hydrogen) atoms. The standard InChI is InChI=1S/C15H22N2O3.C2HF3O2/c1-16-15(18)12-4-7-20-14-2-5-17(9-13(12)14)8-11-3-6-19-10-11;3-2(4,5)1(6)7/h3,6,10,12-14H,2,4-5,7-9H2,1H3,(H,16,18);(H,6,7)/t12-,13+,14-;/m1./s1. The number of ether oxygens (including phenoxy) is 1. The second-order valence-corrected chi connectivity index (χ2v) is 6.54. The molecule has 7 nitrogen and oxygen atoms in total. The maximum absolute atomic E-state index is 12.0. The summed E-state index contributed by atoms with van der Waals surface area (Å²) in [4.78, 5) is 23.3. The van der Waals surface area contributed by atoms with Crippen molar-refractivity contribution >= 4 is 11.9 Å². The van der Waals surface area contributed by atoms with Gasteiger partial charge in [0.1, 0.15) is 0 Å². The van der Waals surface area contributed by atoms with E-state index in [1.54, 1.807) is 19.6 Å². The molecule has 0 aliphatic carbocycles. The molecule has 2 fully saturated rings. The van der Waals surface area contributed by atoms with E-state index in [-0.39, 0.29) is 17.9 Å². The smallest absolute Gasteiger partial charge is 0.475 e. The number of carboxylic acid groups (broad SMARTS) is 1. The number of carboxylic acids is 1. The fourth-order valence-corrected chi connectivity index (χ4v) is 3.48. The number of piperidine rings is 1. The van der Waals surface area contributed by atoms with Crippen molar-refractivity contribution in [2.45, 2.75) is 31.7 Å². The van der Waals surface area contributed by atoms with Gasteiger partial charge >= 0.3 is 12.1 Å². The molecule has 2 saturated heterocycles. The summed E-state index contributed by atoms with van der Waals surface area (Å²) in [5.74, 6) is -2.20. The molecule has 3 heterocycles. The van der Waals surface area contributed by atoms with Crippen LogP contribution in [0.5, 0.6) is 0 Å². The molecule has 0 saturated carbocycles. The quantitative estimate of drug-likeness (QED) is 0.816. The van der Waals surface area contributed by atoms with Gasteiger partial charge in [0.2, 0.25) is 5.91 Å². The normalized spacial score (nSPS) is 25.7. The van der Waals surface area contributed by atoms with Crippen LogP contribution in [0, 0.1) is 11.8 Å². The number of likely N-dealkylation sites (tertiary alicyclic amines) is 1. The first-order chi connectivity index (χ1) is 12.7. The summed E-state index contributed by atoms with van der Waals surface area (Å²) in [7, 11) is 1.72. The fourth-order valence-electron chi connectivity index (χ4n) is 3.48. The Morgan fingerprint density at radius 3 is 2.63 bits per heavy atom. The maximum Gasteiger partial charge on any atom is 0.490 e. The SMILES string of the molecule is CNC(=O)[C@@H]1CCO[C@@H]2CCN(Cc3ccoc3)C[C@H]21.O=C(O)C(F)(F)F. The average molecular weight is 392 g/mol. The number of alkyl halides is 3. The van der Waals surface area contributed by atoms with Crippen molar-refractivity contribution in [3.8, 4) is 0 Å². The summed E-state index contributed by atoms with van der Waals surface area (Å²) >= 11 is 0. The van der Waals surface area contributed by atoms with Crippen molar-refractivity contribution in [2.24, 2.45) is 11.8 Å². The lowest BCUT2D eigenvalue weighted by Crippen LogP contribution is -2.52. The van der Waals surface area contributed by atoms with E-state index >= 15 is 0 Å². The topological polar surface area (TPSA) is 92.0 Å². The molecule has 0 unspecified atom stereocenters. The van der Waals surface area contributed by atoms with Gasteiger partial charge in [-0.05, 0) is 18.9 Å². The van der Waals surface area contributed by atoms with Crippen LogP contribution in [0.1, 0.15) is 18.4 Å². The van der Waals surface area contributed by atoms with Crippen LogP contribution in [0.15, 0.2) is 23.0 Å². The number of halogens is 3. The van der Waals surface area contributed by atoms with Crippen molar-refractivity contribution in [1.29, 1.82) is 0 Å². The molecule has 0 spiro atoms. The van der Waals surface area contributed by atoms with E-state index in [9.17, 15) is 18.0 Å². The maximum atomic E-state index is 12.0. The van der Waals surface area contributed by atoms with Gasteiger partial charge in [0, 0.05) is 50.7 Å². The summed E-state index contributed by atoms with van der Waals surface area (Å²) < 4.78 is 42.7. The van der Waals surface area contributed by atoms with Crippen LogP contribution in [-0.4, -0.2) is 60.9 Å². The van der Waals surface area contributed by atoms with Crippen LogP contribution in [0.25, 0.3) is 0 Å². The number of fused-ring (bicyclic) bond motifs is 1. The van der Waals surface area contributed by atoms with Crippen molar-refractivity contribution < 1.29 is 37.0 Å². The number of carbonyl (C=O) groups is 2. The third-order valence-electron chi connectivity index (χ3n) is 4.77. The highest BCUT2D eigenvalue weighted by Crippen LogP contribution is 2.33. The number of nitrogens with zero attached hydrogens (tertiary/aromatic N) is 1. The van der Waals surface area contributed by atoms with Crippen molar-refractivity contribution in [2.75, 3.05) is 26.7 Å². The molecule has 0 radical (unpaired) electrons. The first kappa shape index (κ1) is 21.2. The molecule has 1 amide bonds. The third-order valence-corrected chi connectivity index (χ3v) is 4.77. The summed E-state index contributed by atoms with van der Waals surface area (Å²) in [6.45, 7) is 3.54. The van der Waals surface area contributed by atoms with Crippen molar-refractivity contribution in [3.63, 3.8) is 0 Å². The molecule has 0 bridgehead atoms. The molecular formula is C17H23F3N2O5. The zero-order valence-electron chi connectivity index (χ0n) is 14.9. The number of furan rings is 1. The van der Waals surface area contributed by atoms with Crippen LogP contribution in [0.2, 0.25) is 0 Å². The van der Waals surface area contributed by atoms with Gasteiger partial charge in [0.15, 0.2) is 0 Å². The van der Waals surface area contributed by atoms with Gasteiger partial charge in [-0.2, -0.15) is 13.2 Å². The lowest BCUT2D eigenvalue weighted by molar-refractivity contribution is -0.192. The van der Waals surface area contributed by atoms with E-state index in [0.717, 1.165) is 32.5 Å². The molecular weight excluding hydrogens is 369 g/mol. The Bertz CT molecular complexity index is 621. The number of aliphatic carboxylic acids is 1. The van der Waals surface area contributed by atoms with Crippen LogP contribution in [0.3, 0.4) is 0 Å². The van der Waals surface area contributed by atoms with Crippen molar-refractivity contribution in [1.82, 2.24) is 10.2 Å². The van der Waals surface area contributed by atoms with E-state index in [0.29, 0.717) is 12.5 Å². The summed E-state index contributed by atoms with van der Waals surface area (Å²) in [5, 5.41) is 9.93. The van der Waals surface area contributed by atoms with Crippen LogP contribution in [-0.2, 0) is 20.9 Å². The number of rotatable bonds is 3. The fraction of sp³-hybridized carbons (Fsp3) is 0.647. The molecule has 0 aromatic carbocycles. The molecule has 152 valence electrons. The van der Waals surface area contributed by atoms with Gasteiger partial charge in [0.25, 0.3) is 0 Å². The van der Waals surface area contributed by atoms with Crippen molar-refractivity contribution in [3.05, 3.63) is 24.2 Å². The van der Waals surface area contributed by atoms with Gasteiger partial charge in [-0.15, -0.1) is 0 Å². The molecule has 10 heteroatoms. The number of hydrogen-bond acceptors (Lipinski definition) is 5. The minimum Gasteiger partial charge on any atom is -0.475 e. The van der Waals surface area contributed by atoms with Gasteiger partial charge in [-0.25, -0.2) is 4.79 Å². The largest absolute Gasteiger partial charge is 0.490 e. The molecule has 2 aliphatic rings. The van der Waals surface area contributed by atoms with E-state index in [4.69, 9.17) is 19.1 Å². The van der Waals surface area contributed by atoms with Gasteiger partial charge in [0.05, 0.1) is 18.6 Å². The first-order valence-electron chi connectivity index (χ1n) is 8.59. The Labute approximate surface area is 154 Å². The van der Waals surface area contributed by atoms with Crippen LogP contribution >= 0.6 is 0 Å². The number of nitrogens with one attached hydrogen (secondary N) is 1. The Morgan fingerprint density at radius 2 is 2.07 bits per heavy atom. The highest BCUT2D eigenvalue weighted by Gasteiger charge is 2.41. The summed E-state index contributed by atoms with van der Waals surface area (Å²) in [6, 6.07) is 2.00. The number of hydrogen-bond donors (Lipinski definition) is 2. The second-order valence-electron chi connectivity index (χ2n) is 6.54. The monoisotopic (exact) mass is 392 g/mol. The van der Waals surface area contributed by atoms with E-state index in [2.05, 4.69) is 10.2 Å². The third kappa shape index (κ3) is 5.96. The Kier molecular flexibility index (Phi) is 7.25. The molecule has 1 aromatic rings. The lowest BCUT2D eigenvalue weighted by atomic mass is 9.79.